The maximum atomic E-state index is 12.3. The third kappa shape index (κ3) is 4.72. The first-order valence-corrected chi connectivity index (χ1v) is 11.2. The first-order chi connectivity index (χ1) is 14.8. The van der Waals surface area contributed by atoms with Gasteiger partial charge in [-0.05, 0) is 74.9 Å². The Bertz CT molecular complexity index is 1360. The molecule has 2 aromatic carbocycles. The average Bonchev–Trinajstić information content (AvgIpc) is 3.35. The number of furan rings is 2. The number of nitrogens with zero attached hydrogens (tertiary/aromatic N) is 2. The summed E-state index contributed by atoms with van der Waals surface area (Å²) in [6.45, 7) is 0. The van der Waals surface area contributed by atoms with Gasteiger partial charge in [0.25, 0.3) is 5.69 Å². The SMILES string of the molecule is O=C(N/N=C/c1ccc(-c2ccc([N+](=O)[O-])cc2Br)o1)c1cc2cc(Br)cc(I)c2o1. The number of rotatable bonds is 5. The van der Waals surface area contributed by atoms with Gasteiger partial charge >= 0.3 is 5.91 Å². The van der Waals surface area contributed by atoms with Crippen molar-refractivity contribution in [1.82, 2.24) is 5.43 Å². The normalized spacial score (nSPS) is 11.3. The Kier molecular flexibility index (Phi) is 6.25. The molecule has 1 N–H and O–H groups in total. The highest BCUT2D eigenvalue weighted by molar-refractivity contribution is 14.1. The van der Waals surface area contributed by atoms with Crippen LogP contribution in [0.4, 0.5) is 5.69 Å². The van der Waals surface area contributed by atoms with E-state index in [-0.39, 0.29) is 11.4 Å². The van der Waals surface area contributed by atoms with Crippen molar-refractivity contribution in [2.45, 2.75) is 0 Å². The molecular formula is C20H10Br2IN3O5. The van der Waals surface area contributed by atoms with E-state index in [4.69, 9.17) is 8.83 Å². The van der Waals surface area contributed by atoms with Crippen molar-refractivity contribution >= 4 is 83.2 Å². The van der Waals surface area contributed by atoms with E-state index in [1.165, 1.54) is 18.3 Å². The number of amides is 1. The molecule has 11 heteroatoms. The minimum Gasteiger partial charge on any atom is -0.455 e. The van der Waals surface area contributed by atoms with E-state index in [1.807, 2.05) is 12.1 Å². The van der Waals surface area contributed by atoms with Gasteiger partial charge in [-0.2, -0.15) is 5.10 Å². The van der Waals surface area contributed by atoms with Gasteiger partial charge in [-0.3, -0.25) is 14.9 Å². The monoisotopic (exact) mass is 657 g/mol. The van der Waals surface area contributed by atoms with E-state index in [0.717, 1.165) is 13.4 Å². The molecule has 4 aromatic rings. The Morgan fingerprint density at radius 1 is 1.13 bits per heavy atom. The van der Waals surface area contributed by atoms with Crippen LogP contribution >= 0.6 is 54.5 Å². The summed E-state index contributed by atoms with van der Waals surface area (Å²) in [4.78, 5) is 22.7. The zero-order chi connectivity index (χ0) is 22.1. The quantitative estimate of drug-likeness (QED) is 0.114. The van der Waals surface area contributed by atoms with Gasteiger partial charge in [0.05, 0.1) is 14.7 Å². The molecule has 8 nitrogen and oxygen atoms in total. The van der Waals surface area contributed by atoms with Gasteiger partial charge in [-0.25, -0.2) is 5.43 Å². The van der Waals surface area contributed by atoms with Crippen LogP contribution in [0.2, 0.25) is 0 Å². The summed E-state index contributed by atoms with van der Waals surface area (Å²) >= 11 is 8.87. The minimum absolute atomic E-state index is 0.0284. The average molecular weight is 659 g/mol. The van der Waals surface area contributed by atoms with E-state index in [9.17, 15) is 14.9 Å². The van der Waals surface area contributed by atoms with E-state index in [0.29, 0.717) is 27.1 Å². The van der Waals surface area contributed by atoms with Gasteiger partial charge in [-0.15, -0.1) is 0 Å². The molecule has 2 heterocycles. The van der Waals surface area contributed by atoms with Gasteiger partial charge in [-0.1, -0.05) is 15.9 Å². The molecule has 2 aromatic heterocycles. The van der Waals surface area contributed by atoms with Crippen LogP contribution in [0.1, 0.15) is 16.3 Å². The molecule has 4 rings (SSSR count). The molecule has 0 aliphatic heterocycles. The number of fused-ring (bicyclic) bond motifs is 1. The smallest absolute Gasteiger partial charge is 0.307 e. The third-order valence-electron chi connectivity index (χ3n) is 4.17. The Morgan fingerprint density at radius 2 is 1.94 bits per heavy atom. The molecule has 0 fully saturated rings. The van der Waals surface area contributed by atoms with Crippen molar-refractivity contribution < 1.29 is 18.6 Å². The number of hydrogen-bond acceptors (Lipinski definition) is 6. The number of nitrogens with one attached hydrogen (secondary N) is 1. The molecule has 156 valence electrons. The molecule has 0 saturated carbocycles. The molecule has 0 saturated heterocycles. The van der Waals surface area contributed by atoms with Crippen LogP contribution in [0.5, 0.6) is 0 Å². The molecule has 0 atom stereocenters. The fourth-order valence-corrected chi connectivity index (χ4v) is 5.00. The van der Waals surface area contributed by atoms with Gasteiger partial charge in [0.1, 0.15) is 17.1 Å². The number of hydrogen-bond donors (Lipinski definition) is 1. The lowest BCUT2D eigenvalue weighted by Gasteiger charge is -2.00. The van der Waals surface area contributed by atoms with Crippen molar-refractivity contribution in [3.05, 3.63) is 82.7 Å². The molecule has 0 bridgehead atoms. The van der Waals surface area contributed by atoms with Crippen molar-refractivity contribution in [3.8, 4) is 11.3 Å². The van der Waals surface area contributed by atoms with E-state index in [2.05, 4.69) is 65.0 Å². The number of nitro groups is 1. The topological polar surface area (TPSA) is 111 Å². The lowest BCUT2D eigenvalue weighted by Crippen LogP contribution is -2.16. The second-order valence-electron chi connectivity index (χ2n) is 6.24. The van der Waals surface area contributed by atoms with Gasteiger partial charge in [0.2, 0.25) is 0 Å². The summed E-state index contributed by atoms with van der Waals surface area (Å²) in [5, 5.41) is 15.6. The van der Waals surface area contributed by atoms with E-state index in [1.54, 1.807) is 24.3 Å². The van der Waals surface area contributed by atoms with Crippen LogP contribution in [0, 0.1) is 13.7 Å². The van der Waals surface area contributed by atoms with Crippen molar-refractivity contribution in [3.63, 3.8) is 0 Å². The summed E-state index contributed by atoms with van der Waals surface area (Å²) in [5.41, 5.74) is 3.65. The first-order valence-electron chi connectivity index (χ1n) is 8.58. The van der Waals surface area contributed by atoms with Crippen molar-refractivity contribution in [1.29, 1.82) is 0 Å². The lowest BCUT2D eigenvalue weighted by atomic mass is 10.1. The number of carbonyl (C=O) groups excluding carboxylic acids is 1. The lowest BCUT2D eigenvalue weighted by molar-refractivity contribution is -0.384. The maximum Gasteiger partial charge on any atom is 0.307 e. The summed E-state index contributed by atoms with van der Waals surface area (Å²) in [6, 6.07) is 13.2. The number of nitro benzene ring substituents is 1. The Hall–Kier alpha value is -2.51. The minimum atomic E-state index is -0.496. The van der Waals surface area contributed by atoms with Crippen LogP contribution in [-0.2, 0) is 0 Å². The Morgan fingerprint density at radius 3 is 2.68 bits per heavy atom. The van der Waals surface area contributed by atoms with Crippen molar-refractivity contribution in [2.75, 3.05) is 0 Å². The molecule has 31 heavy (non-hydrogen) atoms. The van der Waals surface area contributed by atoms with Gasteiger partial charge < -0.3 is 8.83 Å². The highest BCUT2D eigenvalue weighted by atomic mass is 127. The molecule has 0 unspecified atom stereocenters. The fraction of sp³-hybridized carbons (Fsp3) is 0. The molecule has 0 radical (unpaired) electrons. The number of carbonyl (C=O) groups is 1. The zero-order valence-electron chi connectivity index (χ0n) is 15.3. The summed E-state index contributed by atoms with van der Waals surface area (Å²) in [7, 11) is 0. The van der Waals surface area contributed by atoms with Crippen molar-refractivity contribution in [2.24, 2.45) is 5.10 Å². The molecule has 1 amide bonds. The maximum absolute atomic E-state index is 12.3. The number of non-ortho nitro benzene ring substituents is 1. The summed E-state index contributed by atoms with van der Waals surface area (Å²) in [5.74, 6) is 0.526. The van der Waals surface area contributed by atoms with Crippen LogP contribution in [0.25, 0.3) is 22.3 Å². The van der Waals surface area contributed by atoms with Crippen LogP contribution in [-0.4, -0.2) is 17.0 Å². The summed E-state index contributed by atoms with van der Waals surface area (Å²) < 4.78 is 13.6. The number of halogens is 3. The van der Waals surface area contributed by atoms with Gasteiger partial charge in [0, 0.05) is 32.0 Å². The van der Waals surface area contributed by atoms with Gasteiger partial charge in [0.15, 0.2) is 5.76 Å². The standard InChI is InChI=1S/C20H10Br2IN3O5/c21-11-5-10-6-18(31-19(10)16(23)7-11)20(27)25-24-9-13-2-4-17(30-13)14-3-1-12(26(28)29)8-15(14)22/h1-9H,(H,25,27)/b24-9+. The largest absolute Gasteiger partial charge is 0.455 e. The second-order valence-corrected chi connectivity index (χ2v) is 9.17. The first kappa shape index (κ1) is 21.7. The molecular weight excluding hydrogens is 649 g/mol. The Balaban J connectivity index is 1.47. The highest BCUT2D eigenvalue weighted by Crippen LogP contribution is 2.32. The van der Waals surface area contributed by atoms with E-state index >= 15 is 0 Å². The number of hydrazone groups is 1. The molecule has 0 aliphatic carbocycles. The summed E-state index contributed by atoms with van der Waals surface area (Å²) in [6.07, 6.45) is 1.35. The third-order valence-corrected chi connectivity index (χ3v) is 6.09. The predicted molar refractivity (Wildman–Crippen MR) is 130 cm³/mol. The Labute approximate surface area is 205 Å². The van der Waals surface area contributed by atoms with Crippen LogP contribution in [0.3, 0.4) is 0 Å². The molecule has 0 spiro atoms. The highest BCUT2D eigenvalue weighted by Gasteiger charge is 2.15. The van der Waals surface area contributed by atoms with Crippen LogP contribution < -0.4 is 5.43 Å². The van der Waals surface area contributed by atoms with E-state index < -0.39 is 10.8 Å². The van der Waals surface area contributed by atoms with Crippen LogP contribution in [0.15, 0.2) is 71.4 Å². The predicted octanol–water partition coefficient (Wildman–Crippen LogP) is 6.49. The second kappa shape index (κ2) is 8.93. The zero-order valence-corrected chi connectivity index (χ0v) is 20.6. The fourth-order valence-electron chi connectivity index (χ4n) is 2.78. The number of benzene rings is 2. The molecule has 0 aliphatic rings.